The molecule has 0 atom stereocenters. The summed E-state index contributed by atoms with van der Waals surface area (Å²) < 4.78 is 25.0. The van der Waals surface area contributed by atoms with Crippen LogP contribution in [0.4, 0.5) is 0 Å². The van der Waals surface area contributed by atoms with E-state index in [2.05, 4.69) is 0 Å². The van der Waals surface area contributed by atoms with Gasteiger partial charge in [0.05, 0.1) is 5.56 Å². The van der Waals surface area contributed by atoms with Crippen LogP contribution in [0.1, 0.15) is 36.7 Å². The maximum absolute atomic E-state index is 11.5. The van der Waals surface area contributed by atoms with Crippen molar-refractivity contribution in [1.82, 2.24) is 4.72 Å². The van der Waals surface area contributed by atoms with Crippen LogP contribution in [0.3, 0.4) is 0 Å². The number of hydrogen-bond acceptors (Lipinski definition) is 3. The maximum atomic E-state index is 11.5. The van der Waals surface area contributed by atoms with Crippen molar-refractivity contribution in [1.29, 1.82) is 0 Å². The molecule has 1 amide bonds. The van der Waals surface area contributed by atoms with Crippen molar-refractivity contribution >= 4 is 15.9 Å². The van der Waals surface area contributed by atoms with Crippen molar-refractivity contribution in [2.75, 3.05) is 0 Å². The van der Waals surface area contributed by atoms with Gasteiger partial charge in [-0.1, -0.05) is 26.8 Å². The summed E-state index contributed by atoms with van der Waals surface area (Å²) in [4.78, 5) is 11.5. The van der Waals surface area contributed by atoms with Crippen LogP contribution in [0, 0.1) is 0 Å². The molecule has 0 saturated carbocycles. The molecule has 86 valence electrons. The average molecular weight is 239 g/mol. The number of nitrogens with one attached hydrogen (secondary N) is 1. The minimum atomic E-state index is -3.62. The number of fused-ring (bicyclic) bond motifs is 1. The zero-order valence-electron chi connectivity index (χ0n) is 9.37. The molecule has 0 bridgehead atoms. The number of carbonyl (C=O) groups is 1. The van der Waals surface area contributed by atoms with Gasteiger partial charge in [-0.05, 0) is 23.1 Å². The Hall–Kier alpha value is -1.36. The van der Waals surface area contributed by atoms with E-state index < -0.39 is 15.9 Å². The van der Waals surface area contributed by atoms with E-state index in [1.165, 1.54) is 6.07 Å². The van der Waals surface area contributed by atoms with Crippen molar-refractivity contribution < 1.29 is 13.2 Å². The summed E-state index contributed by atoms with van der Waals surface area (Å²) in [6.07, 6.45) is 0. The van der Waals surface area contributed by atoms with Crippen LogP contribution < -0.4 is 4.72 Å². The van der Waals surface area contributed by atoms with Gasteiger partial charge < -0.3 is 0 Å². The van der Waals surface area contributed by atoms with E-state index in [0.717, 1.165) is 5.56 Å². The van der Waals surface area contributed by atoms with E-state index in [1.54, 1.807) is 12.1 Å². The molecule has 2 rings (SSSR count). The van der Waals surface area contributed by atoms with Gasteiger partial charge in [0, 0.05) is 0 Å². The second kappa shape index (κ2) is 3.07. The third kappa shape index (κ3) is 1.61. The molecule has 0 radical (unpaired) electrons. The first-order valence-electron chi connectivity index (χ1n) is 4.93. The number of carbonyl (C=O) groups excluding carboxylic acids is 1. The van der Waals surface area contributed by atoms with Crippen LogP contribution in [0.5, 0.6) is 0 Å². The number of rotatable bonds is 0. The molecule has 0 aromatic heterocycles. The highest BCUT2D eigenvalue weighted by Crippen LogP contribution is 2.29. The summed E-state index contributed by atoms with van der Waals surface area (Å²) in [5.74, 6) is -0.541. The van der Waals surface area contributed by atoms with Gasteiger partial charge in [-0.25, -0.2) is 13.1 Å². The molecule has 0 aliphatic carbocycles. The number of sulfonamides is 1. The second-order valence-electron chi connectivity index (χ2n) is 4.90. The summed E-state index contributed by atoms with van der Waals surface area (Å²) in [6, 6.07) is 4.88. The Morgan fingerprint density at radius 2 is 1.81 bits per heavy atom. The van der Waals surface area contributed by atoms with Gasteiger partial charge in [-0.15, -0.1) is 0 Å². The molecule has 1 heterocycles. The fourth-order valence-corrected chi connectivity index (χ4v) is 2.79. The predicted molar refractivity (Wildman–Crippen MR) is 59.8 cm³/mol. The molecule has 0 spiro atoms. The zero-order valence-corrected chi connectivity index (χ0v) is 10.2. The lowest BCUT2D eigenvalue weighted by atomic mass is 9.86. The zero-order chi connectivity index (χ0) is 12.1. The van der Waals surface area contributed by atoms with Gasteiger partial charge in [0.25, 0.3) is 15.9 Å². The van der Waals surface area contributed by atoms with E-state index in [4.69, 9.17) is 0 Å². The quantitative estimate of drug-likeness (QED) is 0.744. The summed E-state index contributed by atoms with van der Waals surface area (Å²) in [5.41, 5.74) is 1.08. The van der Waals surface area contributed by atoms with Crippen molar-refractivity contribution in [3.8, 4) is 0 Å². The van der Waals surface area contributed by atoms with Crippen molar-refractivity contribution in [2.24, 2.45) is 0 Å². The third-order valence-corrected chi connectivity index (χ3v) is 4.00. The Labute approximate surface area is 94.7 Å². The van der Waals surface area contributed by atoms with Crippen molar-refractivity contribution in [2.45, 2.75) is 31.1 Å². The summed E-state index contributed by atoms with van der Waals surface area (Å²) in [7, 11) is -3.62. The Bertz CT molecular complexity index is 567. The fraction of sp³-hybridized carbons (Fsp3) is 0.364. The van der Waals surface area contributed by atoms with Gasteiger partial charge in [0.15, 0.2) is 0 Å². The van der Waals surface area contributed by atoms with Crippen molar-refractivity contribution in [3.05, 3.63) is 29.3 Å². The minimum absolute atomic E-state index is 0.0745. The van der Waals surface area contributed by atoms with Gasteiger partial charge in [0.1, 0.15) is 4.90 Å². The van der Waals surface area contributed by atoms with Gasteiger partial charge in [-0.2, -0.15) is 0 Å². The second-order valence-corrected chi connectivity index (χ2v) is 6.55. The lowest BCUT2D eigenvalue weighted by molar-refractivity contribution is 0.0985. The smallest absolute Gasteiger partial charge is 0.266 e. The molecule has 1 N–H and O–H groups in total. The highest BCUT2D eigenvalue weighted by molar-refractivity contribution is 7.90. The lowest BCUT2D eigenvalue weighted by Crippen LogP contribution is -2.20. The molecule has 1 aliphatic rings. The predicted octanol–water partition coefficient (Wildman–Crippen LogP) is 1.42. The van der Waals surface area contributed by atoms with Crippen LogP contribution in [0.15, 0.2) is 23.1 Å². The Morgan fingerprint density at radius 1 is 1.19 bits per heavy atom. The van der Waals surface area contributed by atoms with Crippen LogP contribution >= 0.6 is 0 Å². The van der Waals surface area contributed by atoms with Gasteiger partial charge >= 0.3 is 0 Å². The summed E-state index contributed by atoms with van der Waals surface area (Å²) in [5, 5.41) is 0. The van der Waals surface area contributed by atoms with Gasteiger partial charge in [0.2, 0.25) is 0 Å². The van der Waals surface area contributed by atoms with E-state index in [1.807, 2.05) is 25.5 Å². The highest BCUT2D eigenvalue weighted by Gasteiger charge is 2.33. The van der Waals surface area contributed by atoms with E-state index >= 15 is 0 Å². The molecule has 16 heavy (non-hydrogen) atoms. The van der Waals surface area contributed by atoms with E-state index in [9.17, 15) is 13.2 Å². The van der Waals surface area contributed by atoms with Crippen LogP contribution in [0.2, 0.25) is 0 Å². The van der Waals surface area contributed by atoms with Gasteiger partial charge in [-0.3, -0.25) is 4.79 Å². The highest BCUT2D eigenvalue weighted by atomic mass is 32.2. The Morgan fingerprint density at radius 3 is 2.38 bits per heavy atom. The monoisotopic (exact) mass is 239 g/mol. The van der Waals surface area contributed by atoms with Crippen molar-refractivity contribution in [3.63, 3.8) is 0 Å². The molecular formula is C11H13NO3S. The Kier molecular flexibility index (Phi) is 2.14. The van der Waals surface area contributed by atoms with Crippen LogP contribution in [-0.2, 0) is 15.4 Å². The normalized spacial score (nSPS) is 18.1. The molecule has 5 heteroatoms. The number of benzene rings is 1. The third-order valence-electron chi connectivity index (χ3n) is 2.61. The van der Waals surface area contributed by atoms with E-state index in [-0.39, 0.29) is 15.9 Å². The first kappa shape index (κ1) is 11.1. The average Bonchev–Trinajstić information content (AvgIpc) is 2.36. The number of amides is 1. The standard InChI is InChI=1S/C11H13NO3S/c1-11(2,3)7-4-5-9-8(6-7)10(13)12-16(9,14)15/h4-6H,1-3H3,(H,12,13). The molecule has 1 aromatic rings. The molecule has 0 saturated heterocycles. The summed E-state index contributed by atoms with van der Waals surface area (Å²) >= 11 is 0. The topological polar surface area (TPSA) is 63.2 Å². The maximum Gasteiger partial charge on any atom is 0.266 e. The molecule has 0 unspecified atom stereocenters. The fourth-order valence-electron chi connectivity index (χ4n) is 1.64. The molecule has 4 nitrogen and oxygen atoms in total. The largest absolute Gasteiger partial charge is 0.268 e. The molecule has 1 aliphatic heterocycles. The number of hydrogen-bond donors (Lipinski definition) is 1. The SMILES string of the molecule is CC(C)(C)c1ccc2c(c1)C(=O)NS2(=O)=O. The molecule has 0 fully saturated rings. The molecular weight excluding hydrogens is 226 g/mol. The first-order valence-corrected chi connectivity index (χ1v) is 6.42. The molecule has 1 aromatic carbocycles. The lowest BCUT2D eigenvalue weighted by Gasteiger charge is -2.19. The Balaban J connectivity index is 2.67. The van der Waals surface area contributed by atoms with Crippen LogP contribution in [0.25, 0.3) is 0 Å². The van der Waals surface area contributed by atoms with Crippen LogP contribution in [-0.4, -0.2) is 14.3 Å². The van der Waals surface area contributed by atoms with E-state index in [0.29, 0.717) is 0 Å². The summed E-state index contributed by atoms with van der Waals surface area (Å²) in [6.45, 7) is 6.03. The first-order chi connectivity index (χ1) is 7.22. The minimum Gasteiger partial charge on any atom is -0.268 e.